The minimum atomic E-state index is -0.738. The van der Waals surface area contributed by atoms with Crippen molar-refractivity contribution in [2.75, 3.05) is 20.9 Å². The third kappa shape index (κ3) is 2.43. The molecule has 0 aliphatic carbocycles. The topological polar surface area (TPSA) is 124 Å². The van der Waals surface area contributed by atoms with Crippen molar-refractivity contribution in [2.45, 2.75) is 0 Å². The summed E-state index contributed by atoms with van der Waals surface area (Å²) in [5.74, 6) is 0. The molecule has 2 aliphatic rings. The first kappa shape index (κ1) is 14.7. The van der Waals surface area contributed by atoms with Crippen LogP contribution in [0.2, 0.25) is 0 Å². The Hall–Kier alpha value is -1.87. The fourth-order valence-electron chi connectivity index (χ4n) is 2.15. The number of fused-ring (bicyclic) bond motifs is 2. The first-order valence-electron chi connectivity index (χ1n) is 6.21. The average molecular weight is 429 g/mol. The molecule has 11 heteroatoms. The van der Waals surface area contributed by atoms with E-state index < -0.39 is 21.2 Å². The molecule has 2 heterocycles. The van der Waals surface area contributed by atoms with Gasteiger partial charge in [0.1, 0.15) is 0 Å². The van der Waals surface area contributed by atoms with Gasteiger partial charge in [-0.15, -0.1) is 0 Å². The molecule has 0 unspecified atom stereocenters. The second-order valence-corrected chi connectivity index (χ2v) is 7.58. The summed E-state index contributed by atoms with van der Waals surface area (Å²) >= 11 is -0.738. The van der Waals surface area contributed by atoms with Gasteiger partial charge >= 0.3 is 139 Å². The van der Waals surface area contributed by atoms with E-state index in [9.17, 15) is 20.8 Å². The van der Waals surface area contributed by atoms with Gasteiger partial charge in [0.05, 0.1) is 0 Å². The standard InChI is InChI=1S/C12H6IN4O6/c18-14-9-3-1-7(5-11(9)16(20)22-14)13-8-2-4-10-12(6-8)17(21)23-15(10)19/h1-6H/q-5. The summed E-state index contributed by atoms with van der Waals surface area (Å²) in [5, 5.41) is 46.2. The van der Waals surface area contributed by atoms with Crippen LogP contribution < -0.4 is 42.1 Å². The van der Waals surface area contributed by atoms with Gasteiger partial charge in [-0.3, -0.25) is 0 Å². The number of anilines is 4. The van der Waals surface area contributed by atoms with Crippen molar-refractivity contribution in [3.8, 4) is 0 Å². The Morgan fingerprint density at radius 3 is 1.43 bits per heavy atom. The molecule has 4 rings (SSSR count). The molecule has 2 aromatic carbocycles. The zero-order chi connectivity index (χ0) is 16.1. The van der Waals surface area contributed by atoms with Crippen LogP contribution in [-0.4, -0.2) is 0 Å². The van der Waals surface area contributed by atoms with Gasteiger partial charge in [0.15, 0.2) is 0 Å². The molecule has 0 fully saturated rings. The number of halogens is 1. The van der Waals surface area contributed by atoms with Crippen molar-refractivity contribution in [3.63, 3.8) is 0 Å². The summed E-state index contributed by atoms with van der Waals surface area (Å²) in [5.41, 5.74) is 0.557. The predicted molar refractivity (Wildman–Crippen MR) is 75.8 cm³/mol. The van der Waals surface area contributed by atoms with Crippen LogP contribution in [0.15, 0.2) is 36.4 Å². The summed E-state index contributed by atoms with van der Waals surface area (Å²) in [4.78, 5) is 8.77. The minimum absolute atomic E-state index is 0.137. The number of rotatable bonds is 2. The van der Waals surface area contributed by atoms with Gasteiger partial charge in [0, 0.05) is 0 Å². The van der Waals surface area contributed by atoms with E-state index in [1.165, 1.54) is 12.1 Å². The molecule has 0 saturated heterocycles. The fraction of sp³-hybridized carbons (Fsp3) is 0. The molecule has 2 aromatic rings. The Bertz CT molecular complexity index is 714. The Kier molecular flexibility index (Phi) is 3.42. The van der Waals surface area contributed by atoms with Crippen molar-refractivity contribution < 1.29 is 31.1 Å². The molecule has 0 amide bonds. The Balaban J connectivity index is 1.62. The van der Waals surface area contributed by atoms with Gasteiger partial charge in [-0.2, -0.15) is 0 Å². The van der Waals surface area contributed by atoms with Crippen molar-refractivity contribution in [3.05, 3.63) is 64.4 Å². The molecule has 0 N–H and O–H groups in total. The van der Waals surface area contributed by atoms with E-state index in [1.807, 2.05) is 0 Å². The van der Waals surface area contributed by atoms with E-state index in [0.29, 0.717) is 0 Å². The van der Waals surface area contributed by atoms with Crippen LogP contribution in [-0.2, 0) is 9.88 Å². The molecule has 0 saturated carbocycles. The zero-order valence-electron chi connectivity index (χ0n) is 11.1. The first-order chi connectivity index (χ1) is 11.0. The fourth-order valence-corrected chi connectivity index (χ4v) is 4.49. The predicted octanol–water partition coefficient (Wildman–Crippen LogP) is -1.25. The van der Waals surface area contributed by atoms with Crippen LogP contribution in [0.3, 0.4) is 0 Å². The number of benzene rings is 2. The van der Waals surface area contributed by atoms with E-state index in [4.69, 9.17) is 0 Å². The number of hydrogen-bond donors (Lipinski definition) is 0. The third-order valence-electron chi connectivity index (χ3n) is 3.18. The van der Waals surface area contributed by atoms with E-state index in [2.05, 4.69) is 9.88 Å². The molecule has 2 aliphatic heterocycles. The van der Waals surface area contributed by atoms with Gasteiger partial charge in [-0.05, 0) is 0 Å². The van der Waals surface area contributed by atoms with Crippen molar-refractivity contribution in [1.82, 2.24) is 0 Å². The Morgan fingerprint density at radius 2 is 1.00 bits per heavy atom. The molecule has 10 nitrogen and oxygen atoms in total. The first-order valence-corrected chi connectivity index (χ1v) is 8.37. The maximum absolute atomic E-state index is 11.5. The molecule has 0 spiro atoms. The number of nitrogens with zero attached hydrogens (tertiary/aromatic N) is 4. The molecule has 23 heavy (non-hydrogen) atoms. The molecule has 0 radical (unpaired) electrons. The van der Waals surface area contributed by atoms with E-state index in [-0.39, 0.29) is 43.7 Å². The van der Waals surface area contributed by atoms with Gasteiger partial charge in [-0.25, -0.2) is 0 Å². The van der Waals surface area contributed by atoms with Crippen molar-refractivity contribution in [1.29, 1.82) is 0 Å². The summed E-state index contributed by atoms with van der Waals surface area (Å²) in [6.07, 6.45) is 0. The molecule has 0 aromatic heterocycles. The summed E-state index contributed by atoms with van der Waals surface area (Å²) in [7, 11) is 0. The van der Waals surface area contributed by atoms with Crippen LogP contribution in [0.5, 0.6) is 0 Å². The zero-order valence-corrected chi connectivity index (χ0v) is 13.2. The summed E-state index contributed by atoms with van der Waals surface area (Å²) in [6.45, 7) is 0. The second-order valence-electron chi connectivity index (χ2n) is 4.55. The van der Waals surface area contributed by atoms with Crippen molar-refractivity contribution >= 4 is 22.7 Å². The van der Waals surface area contributed by atoms with Crippen LogP contribution >= 0.6 is 0 Å². The second kappa shape index (κ2) is 5.34. The van der Waals surface area contributed by atoms with Crippen molar-refractivity contribution in [2.24, 2.45) is 0 Å². The van der Waals surface area contributed by atoms with Crippen LogP contribution in [0.4, 0.5) is 22.7 Å². The average Bonchev–Trinajstić information content (AvgIpc) is 2.96. The summed E-state index contributed by atoms with van der Waals surface area (Å²) < 4.78 is 1.69. The van der Waals surface area contributed by atoms with Crippen LogP contribution in [0.1, 0.15) is 0 Å². The Labute approximate surface area is 139 Å². The number of hydrogen-bond acceptors (Lipinski definition) is 10. The summed E-state index contributed by atoms with van der Waals surface area (Å²) in [6, 6.07) is 9.60. The molecular formula is C12H6IN4O6-5. The van der Waals surface area contributed by atoms with Crippen LogP contribution in [0, 0.1) is 28.0 Å². The quantitative estimate of drug-likeness (QED) is 0.535. The molecular weight excluding hydrogens is 423 g/mol. The SMILES string of the molecule is [O-]N1ON([O-])c2cc([I-]c3ccc4c(c3)N([O-])ON4[O-])ccc21. The van der Waals surface area contributed by atoms with Crippen LogP contribution in [0.25, 0.3) is 0 Å². The Morgan fingerprint density at radius 1 is 0.609 bits per heavy atom. The van der Waals surface area contributed by atoms with E-state index in [0.717, 1.165) is 7.14 Å². The molecule has 122 valence electrons. The monoisotopic (exact) mass is 429 g/mol. The maximum atomic E-state index is 11.5. The molecule has 0 atom stereocenters. The van der Waals surface area contributed by atoms with Gasteiger partial charge < -0.3 is 0 Å². The van der Waals surface area contributed by atoms with Gasteiger partial charge in [0.25, 0.3) is 0 Å². The third-order valence-corrected chi connectivity index (χ3v) is 5.76. The van der Waals surface area contributed by atoms with E-state index >= 15 is 0 Å². The van der Waals surface area contributed by atoms with E-state index in [1.54, 1.807) is 24.3 Å². The van der Waals surface area contributed by atoms with Gasteiger partial charge in [-0.1, -0.05) is 0 Å². The van der Waals surface area contributed by atoms with Gasteiger partial charge in [0.2, 0.25) is 0 Å². The molecule has 0 bridgehead atoms. The normalized spacial score (nSPS) is 16.3.